The van der Waals surface area contributed by atoms with Gasteiger partial charge in [-0.05, 0) is 56.8 Å². The smallest absolute Gasteiger partial charge is 0.108 e. The summed E-state index contributed by atoms with van der Waals surface area (Å²) in [6.45, 7) is 5.67. The van der Waals surface area contributed by atoms with Gasteiger partial charge in [0.1, 0.15) is 17.3 Å². The van der Waals surface area contributed by atoms with Crippen molar-refractivity contribution >= 4 is 10.9 Å². The third-order valence-corrected chi connectivity index (χ3v) is 5.55. The molecule has 0 amide bonds. The zero-order chi connectivity index (χ0) is 10.2. The van der Waals surface area contributed by atoms with Crippen LogP contribution in [-0.4, -0.2) is 30.0 Å². The van der Waals surface area contributed by atoms with Gasteiger partial charge in [-0.3, -0.25) is 0 Å². The van der Waals surface area contributed by atoms with Crippen molar-refractivity contribution < 1.29 is 4.74 Å². The van der Waals surface area contributed by atoms with Crippen LogP contribution in [0.2, 0.25) is 0 Å². The zero-order valence-electron chi connectivity index (χ0n) is 9.76. The molecule has 84 valence electrons. The predicted molar refractivity (Wildman–Crippen MR) is 66.1 cm³/mol. The topological polar surface area (TPSA) is 9.23 Å². The third-order valence-electron chi connectivity index (χ3n) is 3.05. The lowest BCUT2D eigenvalue weighted by atomic mass is 10.1. The van der Waals surface area contributed by atoms with E-state index in [-0.39, 0.29) is 0 Å². The minimum Gasteiger partial charge on any atom is -0.378 e. The first kappa shape index (κ1) is 12.4. The lowest BCUT2D eigenvalue weighted by molar-refractivity contribution is 0.102. The predicted octanol–water partition coefficient (Wildman–Crippen LogP) is 2.99. The first-order valence-electron chi connectivity index (χ1n) is 6.12. The molecular weight excluding hydrogens is 192 g/mol. The molecule has 1 aliphatic rings. The Morgan fingerprint density at radius 3 is 2.57 bits per heavy atom. The van der Waals surface area contributed by atoms with Crippen molar-refractivity contribution in [2.24, 2.45) is 0 Å². The Balaban J connectivity index is 1.92. The average Bonchev–Trinajstić information content (AvgIpc) is 2.71. The van der Waals surface area contributed by atoms with E-state index in [1.807, 2.05) is 0 Å². The van der Waals surface area contributed by atoms with Crippen LogP contribution in [0.1, 0.15) is 46.0 Å². The summed E-state index contributed by atoms with van der Waals surface area (Å²) in [4.78, 5) is 0. The fourth-order valence-electron chi connectivity index (χ4n) is 2.04. The molecule has 0 aliphatic carbocycles. The first-order chi connectivity index (χ1) is 6.86. The zero-order valence-corrected chi connectivity index (χ0v) is 10.6. The Labute approximate surface area is 92.0 Å². The Morgan fingerprint density at radius 2 is 2.00 bits per heavy atom. The van der Waals surface area contributed by atoms with Gasteiger partial charge in [0.15, 0.2) is 0 Å². The molecule has 1 heterocycles. The molecule has 1 aliphatic heterocycles. The van der Waals surface area contributed by atoms with Crippen molar-refractivity contribution in [2.45, 2.75) is 52.1 Å². The second-order valence-electron chi connectivity index (χ2n) is 4.02. The summed E-state index contributed by atoms with van der Waals surface area (Å²) >= 11 is 0. The van der Waals surface area contributed by atoms with Gasteiger partial charge < -0.3 is 4.74 Å². The van der Waals surface area contributed by atoms with Crippen LogP contribution >= 0.6 is 0 Å². The molecule has 2 heteroatoms. The summed E-state index contributed by atoms with van der Waals surface area (Å²) in [6, 6.07) is 0. The van der Waals surface area contributed by atoms with E-state index >= 15 is 0 Å². The van der Waals surface area contributed by atoms with E-state index in [4.69, 9.17) is 4.74 Å². The molecule has 0 spiro atoms. The van der Waals surface area contributed by atoms with E-state index in [0.717, 1.165) is 17.5 Å². The molecule has 0 radical (unpaired) electrons. The highest BCUT2D eigenvalue weighted by Gasteiger charge is 2.16. The van der Waals surface area contributed by atoms with Crippen LogP contribution in [0, 0.1) is 0 Å². The Morgan fingerprint density at radius 1 is 1.21 bits per heavy atom. The van der Waals surface area contributed by atoms with E-state index in [0.29, 0.717) is 6.10 Å². The molecule has 0 N–H and O–H groups in total. The summed E-state index contributed by atoms with van der Waals surface area (Å²) in [5.41, 5.74) is 0. The summed E-state index contributed by atoms with van der Waals surface area (Å²) in [6.07, 6.45) is 7.33. The van der Waals surface area contributed by atoms with Crippen molar-refractivity contribution in [1.29, 1.82) is 0 Å². The Hall–Kier alpha value is 0.310. The van der Waals surface area contributed by atoms with Crippen LogP contribution in [-0.2, 0) is 15.6 Å². The quantitative estimate of drug-likeness (QED) is 0.470. The number of ether oxygens (including phenoxy) is 1. The normalized spacial score (nSPS) is 22.1. The highest BCUT2D eigenvalue weighted by atomic mass is 32.2. The average molecular weight is 217 g/mol. The van der Waals surface area contributed by atoms with Gasteiger partial charge in [0.05, 0.1) is 6.10 Å². The molecule has 14 heavy (non-hydrogen) atoms. The summed E-state index contributed by atoms with van der Waals surface area (Å²) < 4.78 is 5.61. The minimum atomic E-state index is 0.611. The van der Waals surface area contributed by atoms with E-state index in [1.54, 1.807) is 0 Å². The Bertz CT molecular complexity index is 124. The maximum absolute atomic E-state index is 5.61. The second-order valence-corrected chi connectivity index (χ2v) is 6.81. The van der Waals surface area contributed by atoms with Crippen LogP contribution in [0.4, 0.5) is 0 Å². The monoisotopic (exact) mass is 217 g/mol. The largest absolute Gasteiger partial charge is 0.378 e. The van der Waals surface area contributed by atoms with Gasteiger partial charge >= 0.3 is 0 Å². The highest BCUT2D eigenvalue weighted by Crippen LogP contribution is 2.18. The third kappa shape index (κ3) is 4.70. The fourth-order valence-corrected chi connectivity index (χ4v) is 3.64. The molecule has 0 saturated carbocycles. The number of hydrogen-bond donors (Lipinski definition) is 0. The molecule has 0 aromatic carbocycles. The van der Waals surface area contributed by atoms with E-state index < -0.39 is 0 Å². The van der Waals surface area contributed by atoms with Crippen LogP contribution in [0.5, 0.6) is 0 Å². The molecule has 0 aromatic heterocycles. The molecule has 0 aromatic rings. The van der Waals surface area contributed by atoms with Gasteiger partial charge in [-0.15, -0.1) is 0 Å². The summed E-state index contributed by atoms with van der Waals surface area (Å²) in [7, 11) is 0.718. The summed E-state index contributed by atoms with van der Waals surface area (Å²) in [5, 5.41) is 0. The van der Waals surface area contributed by atoms with Crippen molar-refractivity contribution in [3.05, 3.63) is 0 Å². The van der Waals surface area contributed by atoms with Gasteiger partial charge in [0.2, 0.25) is 0 Å². The van der Waals surface area contributed by atoms with Crippen LogP contribution in [0.15, 0.2) is 0 Å². The standard InChI is InChI=1S/C12H25OS/c1-3-14(4-2)11-6-5-8-12-9-7-10-13-12/h12H,3-11H2,1-2H3/q+1. The van der Waals surface area contributed by atoms with Gasteiger partial charge in [0, 0.05) is 6.61 Å². The maximum atomic E-state index is 5.61. The van der Waals surface area contributed by atoms with E-state index in [1.165, 1.54) is 49.4 Å². The minimum absolute atomic E-state index is 0.611. The lowest BCUT2D eigenvalue weighted by Crippen LogP contribution is -2.13. The maximum Gasteiger partial charge on any atom is 0.108 e. The molecule has 1 rings (SSSR count). The second kappa shape index (κ2) is 7.58. The van der Waals surface area contributed by atoms with Crippen molar-refractivity contribution in [3.8, 4) is 0 Å². The van der Waals surface area contributed by atoms with E-state index in [2.05, 4.69) is 13.8 Å². The Kier molecular flexibility index (Phi) is 6.70. The molecular formula is C12H25OS+. The van der Waals surface area contributed by atoms with Gasteiger partial charge in [-0.25, -0.2) is 0 Å². The van der Waals surface area contributed by atoms with Crippen molar-refractivity contribution in [3.63, 3.8) is 0 Å². The van der Waals surface area contributed by atoms with Crippen molar-refractivity contribution in [2.75, 3.05) is 23.9 Å². The first-order valence-corrected chi connectivity index (χ1v) is 7.85. The molecule has 1 nitrogen and oxygen atoms in total. The fraction of sp³-hybridized carbons (Fsp3) is 1.00. The van der Waals surface area contributed by atoms with Crippen LogP contribution in [0.25, 0.3) is 0 Å². The SMILES string of the molecule is CC[S+](CC)CCCCC1CCCO1. The number of rotatable bonds is 7. The molecule has 1 atom stereocenters. The van der Waals surface area contributed by atoms with Gasteiger partial charge in [0.25, 0.3) is 0 Å². The van der Waals surface area contributed by atoms with Crippen molar-refractivity contribution in [1.82, 2.24) is 0 Å². The molecule has 1 saturated heterocycles. The molecule has 0 bridgehead atoms. The molecule has 1 fully saturated rings. The number of unbranched alkanes of at least 4 members (excludes halogenated alkanes) is 1. The van der Waals surface area contributed by atoms with E-state index in [9.17, 15) is 0 Å². The van der Waals surface area contributed by atoms with Crippen LogP contribution in [0.3, 0.4) is 0 Å². The lowest BCUT2D eigenvalue weighted by Gasteiger charge is -2.08. The number of hydrogen-bond acceptors (Lipinski definition) is 1. The summed E-state index contributed by atoms with van der Waals surface area (Å²) in [5.74, 6) is 4.23. The van der Waals surface area contributed by atoms with Crippen LogP contribution < -0.4 is 0 Å². The van der Waals surface area contributed by atoms with Gasteiger partial charge in [-0.1, -0.05) is 0 Å². The highest BCUT2D eigenvalue weighted by molar-refractivity contribution is 7.96. The molecule has 1 unspecified atom stereocenters. The van der Waals surface area contributed by atoms with Gasteiger partial charge in [-0.2, -0.15) is 0 Å².